The molecule has 4 saturated heterocycles. The van der Waals surface area contributed by atoms with Gasteiger partial charge in [0.2, 0.25) is 11.8 Å². The highest BCUT2D eigenvalue weighted by Crippen LogP contribution is 2.32. The molecular formula is C43H53N11O5. The van der Waals surface area contributed by atoms with Gasteiger partial charge in [-0.15, -0.1) is 0 Å². The number of piperidine rings is 2. The van der Waals surface area contributed by atoms with E-state index in [9.17, 15) is 19.2 Å². The fourth-order valence-corrected chi connectivity index (χ4v) is 9.27. The van der Waals surface area contributed by atoms with Crippen molar-refractivity contribution in [3.05, 3.63) is 59.9 Å². The molecule has 0 aliphatic carbocycles. The summed E-state index contributed by atoms with van der Waals surface area (Å²) in [6.45, 7) is 17.0. The van der Waals surface area contributed by atoms with E-state index in [0.717, 1.165) is 130 Å². The molecule has 16 nitrogen and oxygen atoms in total. The van der Waals surface area contributed by atoms with E-state index in [4.69, 9.17) is 4.74 Å². The number of hydrogen-bond acceptors (Lipinski definition) is 13. The predicted molar refractivity (Wildman–Crippen MR) is 222 cm³/mol. The summed E-state index contributed by atoms with van der Waals surface area (Å²) in [5.41, 5.74) is 4.11. The predicted octanol–water partition coefficient (Wildman–Crippen LogP) is 2.86. The normalized spacial score (nSPS) is 21.5. The molecule has 310 valence electrons. The molecule has 0 radical (unpaired) electrons. The van der Waals surface area contributed by atoms with Crippen LogP contribution < -0.4 is 19.9 Å². The zero-order valence-electron chi connectivity index (χ0n) is 33.9. The molecule has 16 heteroatoms. The van der Waals surface area contributed by atoms with Crippen molar-refractivity contribution in [1.82, 2.24) is 45.1 Å². The second-order valence-corrected chi connectivity index (χ2v) is 16.8. The Balaban J connectivity index is 0.695. The van der Waals surface area contributed by atoms with Gasteiger partial charge in [-0.05, 0) is 88.5 Å². The highest BCUT2D eigenvalue weighted by molar-refractivity contribution is 6.23. The smallest absolute Gasteiger partial charge is 0.262 e. The molecule has 0 saturated carbocycles. The Bertz CT molecular complexity index is 2220. The number of fused-ring (bicyclic) bond motifs is 2. The fraction of sp³-hybridized carbons (Fsp3) is 0.512. The topological polar surface area (TPSA) is 163 Å². The average Bonchev–Trinajstić information content (AvgIpc) is 3.78. The van der Waals surface area contributed by atoms with Crippen LogP contribution in [-0.4, -0.2) is 161 Å². The second kappa shape index (κ2) is 16.7. The van der Waals surface area contributed by atoms with Gasteiger partial charge in [-0.25, -0.2) is 9.97 Å². The standard InChI is InChI=1S/C43H53N11O5/c1-28(2)59-31-4-6-35-34(24-31)40(48-47-35)36-25-38(45-27-44-36)53-21-15-50(16-22-53)14-13-49-11-9-29(10-12-49)26-51-17-19-52(20-18-51)30-3-5-32-33(23-30)43(58)54(42(32)57)37-7-8-39(55)46-41(37)56/h3-6,23-25,27-29,37H,7-22,26H2,1-2H3,(H,47,48)(H,46,55,56). The van der Waals surface area contributed by atoms with Gasteiger partial charge in [-0.1, -0.05) is 0 Å². The zero-order valence-corrected chi connectivity index (χ0v) is 33.9. The highest BCUT2D eigenvalue weighted by atomic mass is 16.5. The Labute approximate surface area is 343 Å². The molecule has 59 heavy (non-hydrogen) atoms. The Kier molecular flexibility index (Phi) is 11.0. The molecule has 4 aromatic rings. The second-order valence-electron chi connectivity index (χ2n) is 16.8. The number of rotatable bonds is 11. The van der Waals surface area contributed by atoms with Crippen LogP contribution in [0.2, 0.25) is 0 Å². The summed E-state index contributed by atoms with van der Waals surface area (Å²) in [7, 11) is 0. The Morgan fingerprint density at radius 3 is 2.20 bits per heavy atom. The van der Waals surface area contributed by atoms with Crippen molar-refractivity contribution in [1.29, 1.82) is 0 Å². The lowest BCUT2D eigenvalue weighted by atomic mass is 9.96. The highest BCUT2D eigenvalue weighted by Gasteiger charge is 2.45. The van der Waals surface area contributed by atoms with Crippen molar-refractivity contribution in [3.8, 4) is 17.1 Å². The number of piperazine rings is 2. The fourth-order valence-electron chi connectivity index (χ4n) is 9.27. The third kappa shape index (κ3) is 8.25. The summed E-state index contributed by atoms with van der Waals surface area (Å²) in [5, 5.41) is 11.0. The molecule has 1 atom stereocenters. The van der Waals surface area contributed by atoms with E-state index < -0.39 is 23.8 Å². The SMILES string of the molecule is CC(C)Oc1ccc2[nH]nc(-c3cc(N4CCN(CCN5CCC(CN6CCN(c7ccc8c(c7)C(=O)N(C7CCC(=O)NC7=O)C8=O)CC6)CC5)CC4)ncn3)c2c1. The number of carbonyl (C=O) groups excluding carboxylic acids is 4. The number of aromatic amines is 1. The van der Waals surface area contributed by atoms with Crippen LogP contribution in [0.4, 0.5) is 11.5 Å². The lowest BCUT2D eigenvalue weighted by molar-refractivity contribution is -0.136. The number of carbonyl (C=O) groups is 4. The summed E-state index contributed by atoms with van der Waals surface area (Å²) < 4.78 is 5.93. The van der Waals surface area contributed by atoms with Gasteiger partial charge in [0.25, 0.3) is 11.8 Å². The Hall–Kier alpha value is -5.45. The number of amides is 4. The van der Waals surface area contributed by atoms with Crippen molar-refractivity contribution in [3.63, 3.8) is 0 Å². The molecule has 4 amide bonds. The monoisotopic (exact) mass is 803 g/mol. The van der Waals surface area contributed by atoms with Crippen LogP contribution >= 0.6 is 0 Å². The van der Waals surface area contributed by atoms with Gasteiger partial charge in [-0.2, -0.15) is 5.10 Å². The Morgan fingerprint density at radius 2 is 1.46 bits per heavy atom. The van der Waals surface area contributed by atoms with E-state index in [2.05, 4.69) is 50.0 Å². The van der Waals surface area contributed by atoms with E-state index in [1.54, 1.807) is 18.5 Å². The number of imide groups is 2. The van der Waals surface area contributed by atoms with Gasteiger partial charge in [0.1, 0.15) is 29.6 Å². The largest absolute Gasteiger partial charge is 0.491 e. The van der Waals surface area contributed by atoms with Crippen LogP contribution in [0, 0.1) is 5.92 Å². The lowest BCUT2D eigenvalue weighted by Crippen LogP contribution is -2.54. The molecule has 7 heterocycles. The number of hydrogen-bond donors (Lipinski definition) is 2. The minimum atomic E-state index is -0.955. The maximum atomic E-state index is 13.3. The third-order valence-electron chi connectivity index (χ3n) is 12.6. The van der Waals surface area contributed by atoms with Crippen LogP contribution in [0.1, 0.15) is 60.2 Å². The van der Waals surface area contributed by atoms with Gasteiger partial charge in [-0.3, -0.25) is 44.3 Å². The molecule has 9 rings (SSSR count). The average molecular weight is 804 g/mol. The van der Waals surface area contributed by atoms with E-state index in [1.165, 1.54) is 12.8 Å². The molecule has 5 aliphatic rings. The minimum absolute atomic E-state index is 0.0914. The summed E-state index contributed by atoms with van der Waals surface area (Å²) >= 11 is 0. The molecule has 2 aromatic heterocycles. The molecule has 0 spiro atoms. The van der Waals surface area contributed by atoms with Crippen LogP contribution in [0.15, 0.2) is 48.8 Å². The van der Waals surface area contributed by atoms with Crippen LogP contribution in [-0.2, 0) is 9.59 Å². The maximum Gasteiger partial charge on any atom is 0.262 e. The molecule has 2 N–H and O–H groups in total. The number of H-pyrrole nitrogens is 1. The third-order valence-corrected chi connectivity index (χ3v) is 12.6. The summed E-state index contributed by atoms with van der Waals surface area (Å²) in [6.07, 6.45) is 4.42. The quantitative estimate of drug-likeness (QED) is 0.213. The number of likely N-dealkylation sites (tertiary alicyclic amines) is 1. The van der Waals surface area contributed by atoms with Crippen molar-refractivity contribution < 1.29 is 23.9 Å². The number of nitrogens with zero attached hydrogens (tertiary/aromatic N) is 9. The van der Waals surface area contributed by atoms with E-state index in [1.807, 2.05) is 44.2 Å². The van der Waals surface area contributed by atoms with E-state index >= 15 is 0 Å². The molecule has 0 bridgehead atoms. The van der Waals surface area contributed by atoms with Crippen molar-refractivity contribution in [2.24, 2.45) is 5.92 Å². The number of anilines is 2. The first kappa shape index (κ1) is 39.0. The van der Waals surface area contributed by atoms with Crippen LogP contribution in [0.25, 0.3) is 22.3 Å². The number of aromatic nitrogens is 4. The maximum absolute atomic E-state index is 13.3. The summed E-state index contributed by atoms with van der Waals surface area (Å²) in [4.78, 5) is 73.2. The molecule has 4 fully saturated rings. The number of benzene rings is 2. The first-order valence-electron chi connectivity index (χ1n) is 21.2. The Morgan fingerprint density at radius 1 is 0.746 bits per heavy atom. The zero-order chi connectivity index (χ0) is 40.6. The summed E-state index contributed by atoms with van der Waals surface area (Å²) in [6, 6.07) is 12.5. The van der Waals surface area contributed by atoms with E-state index in [-0.39, 0.29) is 24.9 Å². The first-order valence-corrected chi connectivity index (χ1v) is 21.2. The van der Waals surface area contributed by atoms with Crippen LogP contribution in [0.5, 0.6) is 5.75 Å². The van der Waals surface area contributed by atoms with Crippen molar-refractivity contribution in [2.45, 2.75) is 51.7 Å². The van der Waals surface area contributed by atoms with Gasteiger partial charge in [0, 0.05) is 95.6 Å². The van der Waals surface area contributed by atoms with Gasteiger partial charge >= 0.3 is 0 Å². The van der Waals surface area contributed by atoms with Crippen molar-refractivity contribution >= 4 is 46.0 Å². The van der Waals surface area contributed by atoms with Crippen LogP contribution in [0.3, 0.4) is 0 Å². The van der Waals surface area contributed by atoms with Gasteiger partial charge in [0.05, 0.1) is 28.4 Å². The molecular weight excluding hydrogens is 751 g/mol. The number of ether oxygens (including phenoxy) is 1. The summed E-state index contributed by atoms with van der Waals surface area (Å²) in [5.74, 6) is 0.535. The van der Waals surface area contributed by atoms with E-state index in [0.29, 0.717) is 17.0 Å². The lowest BCUT2D eigenvalue weighted by Gasteiger charge is -2.40. The van der Waals surface area contributed by atoms with Gasteiger partial charge in [0.15, 0.2) is 0 Å². The number of nitrogens with one attached hydrogen (secondary N) is 2. The molecule has 2 aromatic carbocycles. The van der Waals surface area contributed by atoms with Gasteiger partial charge < -0.3 is 19.4 Å². The molecule has 5 aliphatic heterocycles. The first-order chi connectivity index (χ1) is 28.7. The minimum Gasteiger partial charge on any atom is -0.491 e. The van der Waals surface area contributed by atoms with Crippen molar-refractivity contribution in [2.75, 3.05) is 94.9 Å². The molecule has 1 unspecified atom stereocenters.